The number of benzene rings is 1. The van der Waals surface area contributed by atoms with E-state index in [4.69, 9.17) is 4.74 Å². The van der Waals surface area contributed by atoms with Crippen LogP contribution in [0.5, 0.6) is 0 Å². The molecule has 6 heteroatoms. The van der Waals surface area contributed by atoms with E-state index in [1.807, 2.05) is 6.26 Å². The van der Waals surface area contributed by atoms with Crippen LogP contribution in [0.2, 0.25) is 0 Å². The number of hydrogen-bond acceptors (Lipinski definition) is 5. The van der Waals surface area contributed by atoms with Crippen molar-refractivity contribution in [1.29, 1.82) is 5.26 Å². The van der Waals surface area contributed by atoms with E-state index >= 15 is 0 Å². The summed E-state index contributed by atoms with van der Waals surface area (Å²) in [6, 6.07) is 6.62. The molecule has 0 radical (unpaired) electrons. The van der Waals surface area contributed by atoms with E-state index in [9.17, 15) is 14.4 Å². The van der Waals surface area contributed by atoms with Gasteiger partial charge in [-0.3, -0.25) is 0 Å². The first-order valence-electron chi connectivity index (χ1n) is 8.24. The van der Waals surface area contributed by atoms with Gasteiger partial charge in [-0.2, -0.15) is 5.26 Å². The Morgan fingerprint density at radius 2 is 1.96 bits per heavy atom. The minimum absolute atomic E-state index is 0.356. The highest BCUT2D eigenvalue weighted by Crippen LogP contribution is 2.42. The Kier molecular flexibility index (Phi) is 5.82. The van der Waals surface area contributed by atoms with Gasteiger partial charge in [0.2, 0.25) is 0 Å². The second kappa shape index (κ2) is 7.55. The van der Waals surface area contributed by atoms with E-state index in [1.165, 1.54) is 23.9 Å². The van der Waals surface area contributed by atoms with E-state index in [-0.39, 0.29) is 5.82 Å². The van der Waals surface area contributed by atoms with E-state index in [0.29, 0.717) is 27.4 Å². The Bertz CT molecular complexity index is 844. The van der Waals surface area contributed by atoms with Crippen molar-refractivity contribution in [3.8, 4) is 6.07 Å². The van der Waals surface area contributed by atoms with Gasteiger partial charge in [-0.25, -0.2) is 9.18 Å². The zero-order valence-corrected chi connectivity index (χ0v) is 16.7. The summed E-state index contributed by atoms with van der Waals surface area (Å²) in [6.45, 7) is 8.96. The van der Waals surface area contributed by atoms with Gasteiger partial charge >= 0.3 is 5.97 Å². The number of allylic oxidation sites excluding steroid dienone is 3. The normalized spacial score (nSPS) is 17.7. The SMILES string of the molecule is CSc1cc(F)ccc1C1C(C#N)=C(C)NC(C)=C1C(=O)OC(C)(C)C. The van der Waals surface area contributed by atoms with Crippen molar-refractivity contribution < 1.29 is 13.9 Å². The average molecular weight is 374 g/mol. The maximum absolute atomic E-state index is 13.7. The molecule has 1 aliphatic rings. The minimum Gasteiger partial charge on any atom is -0.457 e. The number of carbonyl (C=O) groups is 1. The number of nitriles is 1. The lowest BCUT2D eigenvalue weighted by Gasteiger charge is -2.31. The van der Waals surface area contributed by atoms with Gasteiger partial charge in [0.15, 0.2) is 0 Å². The molecule has 0 saturated carbocycles. The maximum atomic E-state index is 13.7. The molecule has 0 fully saturated rings. The van der Waals surface area contributed by atoms with Crippen LogP contribution in [0, 0.1) is 17.1 Å². The molecule has 1 aromatic carbocycles. The summed E-state index contributed by atoms with van der Waals surface area (Å²) in [7, 11) is 0. The third-order valence-electron chi connectivity index (χ3n) is 4.01. The highest BCUT2D eigenvalue weighted by molar-refractivity contribution is 7.98. The molecule has 0 aliphatic carbocycles. The first-order chi connectivity index (χ1) is 12.1. The smallest absolute Gasteiger partial charge is 0.337 e. The van der Waals surface area contributed by atoms with Crippen LogP contribution in [-0.4, -0.2) is 17.8 Å². The fourth-order valence-corrected chi connectivity index (χ4v) is 3.63. The van der Waals surface area contributed by atoms with Gasteiger partial charge in [0, 0.05) is 16.3 Å². The molecular weight excluding hydrogens is 351 g/mol. The zero-order valence-electron chi connectivity index (χ0n) is 15.9. The Labute approximate surface area is 158 Å². The summed E-state index contributed by atoms with van der Waals surface area (Å²) in [5.41, 5.74) is 2.18. The summed E-state index contributed by atoms with van der Waals surface area (Å²) in [4.78, 5) is 13.6. The molecule has 0 saturated heterocycles. The predicted molar refractivity (Wildman–Crippen MR) is 101 cm³/mol. The highest BCUT2D eigenvalue weighted by Gasteiger charge is 2.36. The molecule has 0 aromatic heterocycles. The number of carbonyl (C=O) groups excluding carboxylic acids is 1. The topological polar surface area (TPSA) is 62.1 Å². The van der Waals surface area contributed by atoms with Crippen molar-refractivity contribution in [2.75, 3.05) is 6.26 Å². The van der Waals surface area contributed by atoms with Crippen molar-refractivity contribution in [3.63, 3.8) is 0 Å². The molecule has 0 bridgehead atoms. The van der Waals surface area contributed by atoms with E-state index in [1.54, 1.807) is 40.7 Å². The number of dihydropyridines is 1. The molecule has 26 heavy (non-hydrogen) atoms. The van der Waals surface area contributed by atoms with Gasteiger partial charge in [0.25, 0.3) is 0 Å². The van der Waals surface area contributed by atoms with Crippen LogP contribution in [0.3, 0.4) is 0 Å². The number of esters is 1. The number of hydrogen-bond donors (Lipinski definition) is 1. The van der Waals surface area contributed by atoms with Crippen LogP contribution in [0.1, 0.15) is 46.1 Å². The lowest BCUT2D eigenvalue weighted by atomic mass is 9.81. The lowest BCUT2D eigenvalue weighted by Crippen LogP contribution is -2.32. The summed E-state index contributed by atoms with van der Waals surface area (Å²) in [5, 5.41) is 12.8. The standard InChI is InChI=1S/C20H23FN2O2S/c1-11-15(10-22)18(14-8-7-13(21)9-16(14)26-6)17(12(2)23-11)19(24)25-20(3,4)5/h7-9,18,23H,1-6H3. The number of nitrogens with one attached hydrogen (secondary N) is 1. The van der Waals surface area contributed by atoms with Crippen LogP contribution in [-0.2, 0) is 9.53 Å². The van der Waals surface area contributed by atoms with Crippen LogP contribution in [0.25, 0.3) is 0 Å². The van der Waals surface area contributed by atoms with Gasteiger partial charge < -0.3 is 10.1 Å². The second-order valence-corrected chi connectivity index (χ2v) is 7.98. The predicted octanol–water partition coefficient (Wildman–Crippen LogP) is 4.65. The summed E-state index contributed by atoms with van der Waals surface area (Å²) in [5.74, 6) is -1.44. The third kappa shape index (κ3) is 4.10. The minimum atomic E-state index is -0.664. The molecule has 1 N–H and O–H groups in total. The number of ether oxygens (including phenoxy) is 1. The van der Waals surface area contributed by atoms with Crippen LogP contribution in [0.4, 0.5) is 4.39 Å². The molecule has 2 rings (SSSR count). The maximum Gasteiger partial charge on any atom is 0.337 e. The molecule has 4 nitrogen and oxygen atoms in total. The fraction of sp³-hybridized carbons (Fsp3) is 0.400. The van der Waals surface area contributed by atoms with Crippen LogP contribution < -0.4 is 5.32 Å². The number of rotatable bonds is 3. The van der Waals surface area contributed by atoms with Crippen molar-refractivity contribution in [2.45, 2.75) is 51.0 Å². The number of thioether (sulfide) groups is 1. The molecular formula is C20H23FN2O2S. The lowest BCUT2D eigenvalue weighted by molar-refractivity contribution is -0.150. The van der Waals surface area contributed by atoms with Gasteiger partial charge in [-0.05, 0) is 58.6 Å². The molecule has 1 unspecified atom stereocenters. The molecule has 0 amide bonds. The Morgan fingerprint density at radius 1 is 1.31 bits per heavy atom. The molecule has 1 atom stereocenters. The van der Waals surface area contributed by atoms with E-state index in [0.717, 1.165) is 5.56 Å². The quantitative estimate of drug-likeness (QED) is 0.616. The molecule has 138 valence electrons. The largest absolute Gasteiger partial charge is 0.457 e. The Morgan fingerprint density at radius 3 is 2.50 bits per heavy atom. The summed E-state index contributed by atoms with van der Waals surface area (Å²) >= 11 is 1.38. The van der Waals surface area contributed by atoms with Crippen molar-refractivity contribution in [2.24, 2.45) is 0 Å². The zero-order chi connectivity index (χ0) is 19.6. The summed E-state index contributed by atoms with van der Waals surface area (Å²) in [6.07, 6.45) is 1.84. The highest BCUT2D eigenvalue weighted by atomic mass is 32.2. The monoisotopic (exact) mass is 374 g/mol. The first-order valence-corrected chi connectivity index (χ1v) is 9.47. The fourth-order valence-electron chi connectivity index (χ4n) is 2.98. The number of nitrogens with zero attached hydrogens (tertiary/aromatic N) is 1. The first kappa shape index (κ1) is 20.1. The Hall–Kier alpha value is -2.26. The molecule has 0 spiro atoms. The van der Waals surface area contributed by atoms with Crippen molar-refractivity contribution in [1.82, 2.24) is 5.32 Å². The van der Waals surface area contributed by atoms with Crippen molar-refractivity contribution >= 4 is 17.7 Å². The van der Waals surface area contributed by atoms with Gasteiger partial charge in [0.05, 0.1) is 23.1 Å². The molecule has 1 heterocycles. The molecule has 1 aliphatic heterocycles. The number of halogens is 1. The molecule has 1 aromatic rings. The van der Waals surface area contributed by atoms with Crippen LogP contribution in [0.15, 0.2) is 45.6 Å². The second-order valence-electron chi connectivity index (χ2n) is 7.14. The van der Waals surface area contributed by atoms with Crippen molar-refractivity contribution in [3.05, 3.63) is 52.1 Å². The Balaban J connectivity index is 2.68. The van der Waals surface area contributed by atoms with Gasteiger partial charge in [-0.15, -0.1) is 11.8 Å². The van der Waals surface area contributed by atoms with Crippen LogP contribution >= 0.6 is 11.8 Å². The van der Waals surface area contributed by atoms with E-state index < -0.39 is 17.5 Å². The summed E-state index contributed by atoms with van der Waals surface area (Å²) < 4.78 is 19.3. The average Bonchev–Trinajstić information content (AvgIpc) is 2.52. The van der Waals surface area contributed by atoms with Gasteiger partial charge in [0.1, 0.15) is 11.4 Å². The third-order valence-corrected chi connectivity index (χ3v) is 4.80. The van der Waals surface area contributed by atoms with Gasteiger partial charge in [-0.1, -0.05) is 6.07 Å². The van der Waals surface area contributed by atoms with E-state index in [2.05, 4.69) is 11.4 Å².